The molecule has 1 heterocycles. The fourth-order valence-corrected chi connectivity index (χ4v) is 0.473. The number of hydrogen-bond acceptors (Lipinski definition) is 4. The minimum absolute atomic E-state index is 0.472. The molecule has 0 saturated heterocycles. The van der Waals surface area contributed by atoms with Gasteiger partial charge >= 0.3 is 0 Å². The van der Waals surface area contributed by atoms with E-state index in [0.29, 0.717) is 5.96 Å². The molecule has 0 amide bonds. The van der Waals surface area contributed by atoms with E-state index < -0.39 is 0 Å². The lowest BCUT2D eigenvalue weighted by Gasteiger charge is -1.93. The normalized spacial score (nSPS) is 18.1. The van der Waals surface area contributed by atoms with Gasteiger partial charge in [0.05, 0.1) is 6.54 Å². The summed E-state index contributed by atoms with van der Waals surface area (Å²) in [4.78, 5) is 3.80. The van der Waals surface area contributed by atoms with Gasteiger partial charge in [0.1, 0.15) is 0 Å². The molecule has 1 rings (SSSR count). The van der Waals surface area contributed by atoms with Gasteiger partial charge in [0.25, 0.3) is 0 Å². The van der Waals surface area contributed by atoms with Crippen molar-refractivity contribution in [2.24, 2.45) is 4.99 Å². The maximum absolute atomic E-state index is 8.12. The molecule has 0 aliphatic carbocycles. The van der Waals surface area contributed by atoms with Crippen molar-refractivity contribution >= 4 is 5.96 Å². The van der Waals surface area contributed by atoms with Crippen LogP contribution in [0.25, 0.3) is 0 Å². The predicted molar refractivity (Wildman–Crippen MR) is 25.2 cm³/mol. The third-order valence-corrected chi connectivity index (χ3v) is 0.780. The zero-order valence-electron chi connectivity index (χ0n) is 3.81. The van der Waals surface area contributed by atoms with Crippen molar-refractivity contribution in [3.8, 4) is 0 Å². The molecule has 0 atom stereocenters. The van der Waals surface area contributed by atoms with E-state index in [1.54, 1.807) is 0 Å². The van der Waals surface area contributed by atoms with Crippen molar-refractivity contribution in [1.82, 2.24) is 10.8 Å². The molecule has 40 valence electrons. The summed E-state index contributed by atoms with van der Waals surface area (Å²) >= 11 is 0. The molecule has 1 aliphatic heterocycles. The first-order chi connectivity index (χ1) is 3.43. The second kappa shape index (κ2) is 1.79. The van der Waals surface area contributed by atoms with Gasteiger partial charge in [-0.05, 0) is 0 Å². The van der Waals surface area contributed by atoms with Crippen molar-refractivity contribution in [2.75, 3.05) is 13.1 Å². The fraction of sp³-hybridized carbons (Fsp3) is 0.667. The van der Waals surface area contributed by atoms with Crippen LogP contribution >= 0.6 is 0 Å². The first kappa shape index (κ1) is 4.39. The highest BCUT2D eigenvalue weighted by Crippen LogP contribution is 1.77. The van der Waals surface area contributed by atoms with Crippen LogP contribution in [0.5, 0.6) is 0 Å². The molecular weight excluding hydrogens is 94.1 g/mol. The Kier molecular flexibility index (Phi) is 1.12. The summed E-state index contributed by atoms with van der Waals surface area (Å²) in [6.07, 6.45) is 0. The molecule has 3 N–H and O–H groups in total. The molecule has 7 heavy (non-hydrogen) atoms. The van der Waals surface area contributed by atoms with Gasteiger partial charge in [0.2, 0.25) is 5.96 Å². The molecule has 0 unspecified atom stereocenters. The van der Waals surface area contributed by atoms with Crippen molar-refractivity contribution in [2.45, 2.75) is 0 Å². The van der Waals surface area contributed by atoms with Crippen LogP contribution in [0.1, 0.15) is 0 Å². The van der Waals surface area contributed by atoms with E-state index >= 15 is 0 Å². The van der Waals surface area contributed by atoms with Crippen LogP contribution < -0.4 is 10.8 Å². The zero-order valence-corrected chi connectivity index (χ0v) is 3.81. The van der Waals surface area contributed by atoms with E-state index in [1.165, 1.54) is 0 Å². The summed E-state index contributed by atoms with van der Waals surface area (Å²) in [5.74, 6) is 0.472. The highest BCUT2D eigenvalue weighted by Gasteiger charge is 1.99. The largest absolute Gasteiger partial charge is 0.353 e. The summed E-state index contributed by atoms with van der Waals surface area (Å²) in [6.45, 7) is 1.58. The lowest BCUT2D eigenvalue weighted by Crippen LogP contribution is -2.30. The standard InChI is InChI=1S/C3H7N3O/c7-6-3-4-1-2-5-3/h7H,1-2H2,(H2,4,5,6). The Bertz CT molecular complexity index is 90.2. The number of hydroxylamine groups is 1. The summed E-state index contributed by atoms with van der Waals surface area (Å²) in [6, 6.07) is 0. The molecule has 0 fully saturated rings. The fourth-order valence-electron chi connectivity index (χ4n) is 0.473. The smallest absolute Gasteiger partial charge is 0.215 e. The lowest BCUT2D eigenvalue weighted by atomic mass is 10.7. The Morgan fingerprint density at radius 1 is 1.86 bits per heavy atom. The average molecular weight is 101 g/mol. The van der Waals surface area contributed by atoms with Gasteiger partial charge in [-0.1, -0.05) is 0 Å². The Morgan fingerprint density at radius 3 is 3.00 bits per heavy atom. The van der Waals surface area contributed by atoms with Crippen molar-refractivity contribution in [1.29, 1.82) is 0 Å². The van der Waals surface area contributed by atoms with E-state index in [1.807, 2.05) is 5.48 Å². The zero-order chi connectivity index (χ0) is 5.11. The molecule has 0 aromatic carbocycles. The Balaban J connectivity index is 2.36. The second-order valence-electron chi connectivity index (χ2n) is 1.27. The number of nitrogens with zero attached hydrogens (tertiary/aromatic N) is 1. The summed E-state index contributed by atoms with van der Waals surface area (Å²) in [5.41, 5.74) is 1.90. The highest BCUT2D eigenvalue weighted by atomic mass is 16.5. The Morgan fingerprint density at radius 2 is 2.71 bits per heavy atom. The van der Waals surface area contributed by atoms with Gasteiger partial charge in [0.15, 0.2) is 0 Å². The van der Waals surface area contributed by atoms with Crippen LogP contribution in [-0.2, 0) is 0 Å². The monoisotopic (exact) mass is 101 g/mol. The Hall–Kier alpha value is -0.770. The molecule has 0 saturated carbocycles. The quantitative estimate of drug-likeness (QED) is 0.340. The van der Waals surface area contributed by atoms with E-state index in [4.69, 9.17) is 5.21 Å². The number of rotatable bonds is 0. The number of guanidine groups is 1. The van der Waals surface area contributed by atoms with Crippen molar-refractivity contribution < 1.29 is 5.21 Å². The molecule has 0 radical (unpaired) electrons. The Labute approximate surface area is 41.2 Å². The first-order valence-electron chi connectivity index (χ1n) is 2.12. The third kappa shape index (κ3) is 0.806. The van der Waals surface area contributed by atoms with E-state index in [9.17, 15) is 0 Å². The van der Waals surface area contributed by atoms with Crippen molar-refractivity contribution in [3.05, 3.63) is 0 Å². The first-order valence-corrected chi connectivity index (χ1v) is 2.12. The number of hydrogen-bond donors (Lipinski definition) is 3. The van der Waals surface area contributed by atoms with Gasteiger partial charge in [0, 0.05) is 6.54 Å². The number of nitrogens with one attached hydrogen (secondary N) is 2. The molecule has 0 spiro atoms. The van der Waals surface area contributed by atoms with E-state index in [2.05, 4.69) is 10.3 Å². The molecule has 0 bridgehead atoms. The van der Waals surface area contributed by atoms with Crippen LogP contribution in [0.2, 0.25) is 0 Å². The second-order valence-corrected chi connectivity index (χ2v) is 1.27. The van der Waals surface area contributed by atoms with Crippen molar-refractivity contribution in [3.63, 3.8) is 0 Å². The number of aliphatic imine (C=N–C) groups is 1. The van der Waals surface area contributed by atoms with Crippen LogP contribution in [0.4, 0.5) is 0 Å². The van der Waals surface area contributed by atoms with Crippen LogP contribution in [0.15, 0.2) is 4.99 Å². The average Bonchev–Trinajstić information content (AvgIpc) is 2.14. The van der Waals surface area contributed by atoms with Crippen LogP contribution in [0, 0.1) is 0 Å². The lowest BCUT2D eigenvalue weighted by molar-refractivity contribution is 0.231. The predicted octanol–water partition coefficient (Wildman–Crippen LogP) is -1.08. The van der Waals surface area contributed by atoms with E-state index in [0.717, 1.165) is 13.1 Å². The van der Waals surface area contributed by atoms with Gasteiger partial charge in [-0.25, -0.2) is 10.5 Å². The molecule has 0 aromatic heterocycles. The maximum Gasteiger partial charge on any atom is 0.215 e. The van der Waals surface area contributed by atoms with Crippen LogP contribution in [0.3, 0.4) is 0 Å². The van der Waals surface area contributed by atoms with E-state index in [-0.39, 0.29) is 0 Å². The minimum atomic E-state index is 0.472. The van der Waals surface area contributed by atoms with Gasteiger partial charge in [-0.2, -0.15) is 0 Å². The summed E-state index contributed by atoms with van der Waals surface area (Å²) in [5, 5.41) is 10.9. The van der Waals surface area contributed by atoms with Gasteiger partial charge in [-0.3, -0.25) is 5.21 Å². The topological polar surface area (TPSA) is 56.6 Å². The van der Waals surface area contributed by atoms with Gasteiger partial charge in [-0.15, -0.1) is 0 Å². The highest BCUT2D eigenvalue weighted by molar-refractivity contribution is 5.79. The van der Waals surface area contributed by atoms with Gasteiger partial charge < -0.3 is 5.32 Å². The molecule has 4 nitrogen and oxygen atoms in total. The SMILES string of the molecule is ONC1=NCCN1. The third-order valence-electron chi connectivity index (χ3n) is 0.780. The molecule has 1 aliphatic rings. The molecule has 4 heteroatoms. The maximum atomic E-state index is 8.12. The minimum Gasteiger partial charge on any atom is -0.353 e. The molecule has 0 aromatic rings. The summed E-state index contributed by atoms with van der Waals surface area (Å²) < 4.78 is 0. The molecular formula is C3H7N3O. The summed E-state index contributed by atoms with van der Waals surface area (Å²) in [7, 11) is 0. The van der Waals surface area contributed by atoms with Crippen LogP contribution in [-0.4, -0.2) is 24.3 Å².